The first-order valence-electron chi connectivity index (χ1n) is 2.78. The Hall–Kier alpha value is -0.520. The second kappa shape index (κ2) is 0.835. The smallest absolute Gasteiger partial charge is 0.0235 e. The van der Waals surface area contributed by atoms with E-state index in [4.69, 9.17) is 0 Å². The normalized spacial score (nSPS) is 25.0. The maximum Gasteiger partial charge on any atom is -0.0235 e. The molecule has 0 aromatic rings. The number of fused-ring (bicyclic) bond motifs is 1. The van der Waals surface area contributed by atoms with Crippen molar-refractivity contribution in [2.75, 3.05) is 0 Å². The Morgan fingerprint density at radius 2 is 2.29 bits per heavy atom. The predicted octanol–water partition coefficient (Wildman–Crippen LogP) is 2.04. The second-order valence-corrected chi connectivity index (χ2v) is 2.32. The van der Waals surface area contributed by atoms with Crippen LogP contribution in [0, 0.1) is 0 Å². The monoisotopic (exact) mass is 92.1 g/mol. The van der Waals surface area contributed by atoms with E-state index < -0.39 is 0 Å². The Morgan fingerprint density at radius 3 is 2.43 bits per heavy atom. The summed E-state index contributed by atoms with van der Waals surface area (Å²) in [6.07, 6.45) is 4.98. The highest BCUT2D eigenvalue weighted by atomic mass is 14.3. The maximum absolute atomic E-state index is 2.31. The van der Waals surface area contributed by atoms with Crippen molar-refractivity contribution in [2.24, 2.45) is 0 Å². The molecule has 0 heterocycles. The van der Waals surface area contributed by atoms with E-state index >= 15 is 0 Å². The summed E-state index contributed by atoms with van der Waals surface area (Å²) in [4.78, 5) is 0. The fourth-order valence-electron chi connectivity index (χ4n) is 1.34. The lowest BCUT2D eigenvalue weighted by Gasteiger charge is -2.06. The molecule has 36 valence electrons. The van der Waals surface area contributed by atoms with E-state index in [2.05, 4.69) is 13.0 Å². The summed E-state index contributed by atoms with van der Waals surface area (Å²) in [6.45, 7) is 2.22. The van der Waals surface area contributed by atoms with Gasteiger partial charge in [-0.2, -0.15) is 0 Å². The highest BCUT2D eigenvalue weighted by molar-refractivity contribution is 5.56. The minimum absolute atomic E-state index is 1.33. The summed E-state index contributed by atoms with van der Waals surface area (Å²) >= 11 is 0. The van der Waals surface area contributed by atoms with Gasteiger partial charge in [-0.05, 0) is 36.5 Å². The molecule has 0 radical (unpaired) electrons. The highest BCUT2D eigenvalue weighted by Crippen LogP contribution is 2.41. The molecule has 0 atom stereocenters. The fourth-order valence-corrected chi connectivity index (χ4v) is 1.34. The van der Waals surface area contributed by atoms with Crippen molar-refractivity contribution >= 4 is 0 Å². The van der Waals surface area contributed by atoms with E-state index in [1.165, 1.54) is 12.8 Å². The quantitative estimate of drug-likeness (QED) is 0.429. The Labute approximate surface area is 43.5 Å². The molecule has 0 spiro atoms. The topological polar surface area (TPSA) is 0 Å². The Kier molecular flexibility index (Phi) is 0.415. The van der Waals surface area contributed by atoms with Crippen molar-refractivity contribution < 1.29 is 0 Å². The second-order valence-electron chi connectivity index (χ2n) is 2.32. The third kappa shape index (κ3) is 0.244. The lowest BCUT2D eigenvalue weighted by molar-refractivity contribution is 1.08. The molecule has 0 saturated heterocycles. The first kappa shape index (κ1) is 3.48. The van der Waals surface area contributed by atoms with Gasteiger partial charge in [0.2, 0.25) is 0 Å². The molecule has 2 bridgehead atoms. The van der Waals surface area contributed by atoms with Crippen molar-refractivity contribution in [2.45, 2.75) is 19.8 Å². The molecule has 0 heteroatoms. The minimum Gasteiger partial charge on any atom is -0.0553 e. The van der Waals surface area contributed by atoms with Crippen molar-refractivity contribution in [3.05, 3.63) is 22.8 Å². The largest absolute Gasteiger partial charge is 0.0553 e. The summed E-state index contributed by atoms with van der Waals surface area (Å²) in [6, 6.07) is 0. The van der Waals surface area contributed by atoms with Crippen LogP contribution in [0.15, 0.2) is 22.8 Å². The Balaban J connectivity index is 2.47. The van der Waals surface area contributed by atoms with E-state index in [1.807, 2.05) is 0 Å². The Bertz CT molecular complexity index is 170. The van der Waals surface area contributed by atoms with Gasteiger partial charge in [-0.25, -0.2) is 0 Å². The molecule has 0 fully saturated rings. The van der Waals surface area contributed by atoms with Gasteiger partial charge in [0.05, 0.1) is 0 Å². The van der Waals surface area contributed by atoms with Crippen LogP contribution in [0.25, 0.3) is 0 Å². The molecule has 0 aliphatic heterocycles. The number of hydrogen-bond donors (Lipinski definition) is 0. The van der Waals surface area contributed by atoms with E-state index in [0.29, 0.717) is 0 Å². The molecular formula is C7H8. The fraction of sp³-hybridized carbons (Fsp3) is 0.429. The van der Waals surface area contributed by atoms with E-state index in [-0.39, 0.29) is 0 Å². The number of rotatable bonds is 0. The maximum atomic E-state index is 2.31. The van der Waals surface area contributed by atoms with Gasteiger partial charge in [-0.15, -0.1) is 0 Å². The van der Waals surface area contributed by atoms with Crippen LogP contribution in [0.3, 0.4) is 0 Å². The van der Waals surface area contributed by atoms with Crippen LogP contribution in [0.2, 0.25) is 0 Å². The van der Waals surface area contributed by atoms with E-state index in [9.17, 15) is 0 Å². The number of hydrogen-bond acceptors (Lipinski definition) is 0. The number of allylic oxidation sites excluding steroid dienone is 4. The first-order valence-corrected chi connectivity index (χ1v) is 2.78. The van der Waals surface area contributed by atoms with Crippen LogP contribution in [-0.2, 0) is 0 Å². The van der Waals surface area contributed by atoms with Gasteiger partial charge in [0, 0.05) is 0 Å². The lowest BCUT2D eigenvalue weighted by Crippen LogP contribution is -1.86. The third-order valence-electron chi connectivity index (χ3n) is 1.98. The summed E-state index contributed by atoms with van der Waals surface area (Å²) in [7, 11) is 0. The molecule has 0 aromatic carbocycles. The molecule has 0 saturated carbocycles. The van der Waals surface area contributed by atoms with Gasteiger partial charge in [-0.3, -0.25) is 0 Å². The van der Waals surface area contributed by atoms with Gasteiger partial charge in [0.1, 0.15) is 0 Å². The average Bonchev–Trinajstić information content (AvgIpc) is 2.18. The molecule has 0 amide bonds. The summed E-state index contributed by atoms with van der Waals surface area (Å²) in [5, 5.41) is 0. The average molecular weight is 92.1 g/mol. The predicted molar refractivity (Wildman–Crippen MR) is 30.0 cm³/mol. The van der Waals surface area contributed by atoms with Crippen LogP contribution in [0.1, 0.15) is 19.8 Å². The molecule has 0 nitrogen and oxygen atoms in total. The van der Waals surface area contributed by atoms with Crippen LogP contribution in [0.5, 0.6) is 0 Å². The van der Waals surface area contributed by atoms with Crippen molar-refractivity contribution in [3.8, 4) is 0 Å². The van der Waals surface area contributed by atoms with Gasteiger partial charge >= 0.3 is 0 Å². The summed E-state index contributed by atoms with van der Waals surface area (Å²) in [5.74, 6) is 0. The van der Waals surface area contributed by atoms with Crippen molar-refractivity contribution in [1.29, 1.82) is 0 Å². The highest BCUT2D eigenvalue weighted by Gasteiger charge is 2.22. The Morgan fingerprint density at radius 1 is 1.43 bits per heavy atom. The van der Waals surface area contributed by atoms with Gasteiger partial charge in [0.15, 0.2) is 0 Å². The molecule has 3 aliphatic carbocycles. The van der Waals surface area contributed by atoms with Gasteiger partial charge in [-0.1, -0.05) is 6.08 Å². The first-order chi connectivity index (χ1) is 3.38. The van der Waals surface area contributed by atoms with E-state index in [1.54, 1.807) is 16.7 Å². The van der Waals surface area contributed by atoms with Crippen molar-refractivity contribution in [3.63, 3.8) is 0 Å². The molecule has 3 aliphatic rings. The molecule has 3 rings (SSSR count). The zero-order valence-corrected chi connectivity index (χ0v) is 4.49. The summed E-state index contributed by atoms with van der Waals surface area (Å²) in [5.41, 5.74) is 4.80. The minimum atomic E-state index is 1.33. The molecule has 0 N–H and O–H groups in total. The molecule has 7 heavy (non-hydrogen) atoms. The van der Waals surface area contributed by atoms with Crippen molar-refractivity contribution in [1.82, 2.24) is 0 Å². The van der Waals surface area contributed by atoms with Gasteiger partial charge < -0.3 is 0 Å². The van der Waals surface area contributed by atoms with E-state index in [0.717, 1.165) is 0 Å². The van der Waals surface area contributed by atoms with Gasteiger partial charge in [0.25, 0.3) is 0 Å². The van der Waals surface area contributed by atoms with Crippen LogP contribution in [0.4, 0.5) is 0 Å². The van der Waals surface area contributed by atoms with Crippen LogP contribution >= 0.6 is 0 Å². The van der Waals surface area contributed by atoms with Crippen LogP contribution < -0.4 is 0 Å². The molecule has 0 unspecified atom stereocenters. The summed E-state index contributed by atoms with van der Waals surface area (Å²) < 4.78 is 0. The standard InChI is InChI=1S/C7H8/c1-5-6-2-3-7(5)4-6/h4H,2-3H2,1H3. The molecular weight excluding hydrogens is 84.1 g/mol. The lowest BCUT2D eigenvalue weighted by atomic mass is 10.00. The zero-order valence-electron chi connectivity index (χ0n) is 4.49. The SMILES string of the molecule is CC1=C2C=C1CC2. The van der Waals surface area contributed by atoms with Crippen LogP contribution in [-0.4, -0.2) is 0 Å². The molecule has 0 aromatic heterocycles. The zero-order chi connectivity index (χ0) is 4.85. The third-order valence-corrected chi connectivity index (χ3v) is 1.98.